The second-order valence-electron chi connectivity index (χ2n) is 4.37. The van der Waals surface area contributed by atoms with Crippen LogP contribution in [0.25, 0.3) is 0 Å². The predicted octanol–water partition coefficient (Wildman–Crippen LogP) is 3.86. The van der Waals surface area contributed by atoms with Crippen molar-refractivity contribution in [3.8, 4) is 0 Å². The third kappa shape index (κ3) is 6.29. The van der Waals surface area contributed by atoms with E-state index in [-0.39, 0.29) is 0 Å². The molecule has 86 valence electrons. The Morgan fingerprint density at radius 2 is 2.00 bits per heavy atom. The molecule has 0 aliphatic carbocycles. The van der Waals surface area contributed by atoms with Gasteiger partial charge in [-0.25, -0.2) is 0 Å². The molecule has 1 nitrogen and oxygen atoms in total. The Bertz CT molecular complexity index is 234. The van der Waals surface area contributed by atoms with Crippen LogP contribution in [-0.4, -0.2) is 11.2 Å². The van der Waals surface area contributed by atoms with Crippen molar-refractivity contribution in [2.75, 3.05) is 0 Å². The quantitative estimate of drug-likeness (QED) is 0.630. The molecule has 0 saturated heterocycles. The van der Waals surface area contributed by atoms with E-state index in [9.17, 15) is 5.11 Å². The minimum atomic E-state index is -0.427. The molecule has 0 aromatic rings. The van der Waals surface area contributed by atoms with Crippen molar-refractivity contribution in [1.29, 1.82) is 0 Å². The largest absolute Gasteiger partial charge is 0.388 e. The van der Waals surface area contributed by atoms with E-state index in [2.05, 4.69) is 40.0 Å². The standard InChI is InChI=1S/C14H24O/c1-6-8-14(15)13(5)12(4)10-7-9-11(2)3/h6,9,12,14-15H,1,5,7-8,10H2,2-4H3/t12-,14-/m0/s1. The molecule has 0 heterocycles. The summed E-state index contributed by atoms with van der Waals surface area (Å²) in [6, 6.07) is 0. The van der Waals surface area contributed by atoms with Crippen LogP contribution in [0.4, 0.5) is 0 Å². The molecule has 0 amide bonds. The Morgan fingerprint density at radius 3 is 2.47 bits per heavy atom. The first-order chi connectivity index (χ1) is 6.99. The Kier molecular flexibility index (Phi) is 7.06. The monoisotopic (exact) mass is 208 g/mol. The summed E-state index contributed by atoms with van der Waals surface area (Å²) >= 11 is 0. The molecule has 0 saturated carbocycles. The molecule has 0 fully saturated rings. The fourth-order valence-electron chi connectivity index (χ4n) is 1.45. The first kappa shape index (κ1) is 14.2. The lowest BCUT2D eigenvalue weighted by molar-refractivity contribution is 0.201. The van der Waals surface area contributed by atoms with E-state index < -0.39 is 6.10 Å². The van der Waals surface area contributed by atoms with Crippen LogP contribution in [0.3, 0.4) is 0 Å². The summed E-state index contributed by atoms with van der Waals surface area (Å²) in [5.74, 6) is 0.371. The molecule has 0 unspecified atom stereocenters. The van der Waals surface area contributed by atoms with Gasteiger partial charge in [-0.15, -0.1) is 6.58 Å². The molecule has 0 bridgehead atoms. The second-order valence-corrected chi connectivity index (χ2v) is 4.37. The number of aliphatic hydroxyl groups excluding tert-OH is 1. The van der Waals surface area contributed by atoms with Crippen molar-refractivity contribution < 1.29 is 5.11 Å². The minimum Gasteiger partial charge on any atom is -0.388 e. The van der Waals surface area contributed by atoms with Crippen molar-refractivity contribution in [1.82, 2.24) is 0 Å². The van der Waals surface area contributed by atoms with Crippen molar-refractivity contribution in [3.63, 3.8) is 0 Å². The molecule has 0 aromatic carbocycles. The minimum absolute atomic E-state index is 0.371. The highest BCUT2D eigenvalue weighted by atomic mass is 16.3. The van der Waals surface area contributed by atoms with Gasteiger partial charge in [0.05, 0.1) is 6.10 Å². The fraction of sp³-hybridized carbons (Fsp3) is 0.571. The maximum absolute atomic E-state index is 9.71. The van der Waals surface area contributed by atoms with E-state index in [0.29, 0.717) is 12.3 Å². The smallest absolute Gasteiger partial charge is 0.0784 e. The molecule has 0 aliphatic heterocycles. The Hall–Kier alpha value is -0.820. The topological polar surface area (TPSA) is 20.2 Å². The van der Waals surface area contributed by atoms with Gasteiger partial charge in [0, 0.05) is 0 Å². The van der Waals surface area contributed by atoms with Gasteiger partial charge in [0.1, 0.15) is 0 Å². The van der Waals surface area contributed by atoms with E-state index >= 15 is 0 Å². The first-order valence-electron chi connectivity index (χ1n) is 5.60. The van der Waals surface area contributed by atoms with Crippen LogP contribution in [-0.2, 0) is 0 Å². The maximum Gasteiger partial charge on any atom is 0.0784 e. The molecular weight excluding hydrogens is 184 g/mol. The van der Waals surface area contributed by atoms with E-state index in [1.54, 1.807) is 6.08 Å². The van der Waals surface area contributed by atoms with Crippen LogP contribution in [0.15, 0.2) is 36.5 Å². The molecule has 1 heteroatoms. The maximum atomic E-state index is 9.71. The van der Waals surface area contributed by atoms with Crippen molar-refractivity contribution in [2.45, 2.75) is 46.1 Å². The van der Waals surface area contributed by atoms with Crippen LogP contribution in [0.2, 0.25) is 0 Å². The highest BCUT2D eigenvalue weighted by Gasteiger charge is 2.13. The van der Waals surface area contributed by atoms with Crippen LogP contribution < -0.4 is 0 Å². The SMILES string of the molecule is C=CC[C@H](O)C(=C)[C@@H](C)CCC=C(C)C. The van der Waals surface area contributed by atoms with Crippen molar-refractivity contribution in [2.24, 2.45) is 5.92 Å². The van der Waals surface area contributed by atoms with E-state index in [1.165, 1.54) is 5.57 Å². The first-order valence-corrected chi connectivity index (χ1v) is 5.60. The third-order valence-corrected chi connectivity index (χ3v) is 2.60. The van der Waals surface area contributed by atoms with E-state index in [4.69, 9.17) is 0 Å². The third-order valence-electron chi connectivity index (χ3n) is 2.60. The van der Waals surface area contributed by atoms with Gasteiger partial charge in [-0.3, -0.25) is 0 Å². The van der Waals surface area contributed by atoms with Gasteiger partial charge in [-0.1, -0.05) is 31.2 Å². The van der Waals surface area contributed by atoms with Gasteiger partial charge in [-0.2, -0.15) is 0 Å². The number of hydrogen-bond donors (Lipinski definition) is 1. The summed E-state index contributed by atoms with van der Waals surface area (Å²) in [5.41, 5.74) is 2.27. The van der Waals surface area contributed by atoms with Gasteiger partial charge in [0.2, 0.25) is 0 Å². The van der Waals surface area contributed by atoms with E-state index in [1.807, 2.05) is 0 Å². The number of hydrogen-bond acceptors (Lipinski definition) is 1. The number of allylic oxidation sites excluding steroid dienone is 2. The van der Waals surface area contributed by atoms with Crippen LogP contribution >= 0.6 is 0 Å². The van der Waals surface area contributed by atoms with Crippen molar-refractivity contribution >= 4 is 0 Å². The highest BCUT2D eigenvalue weighted by Crippen LogP contribution is 2.20. The molecule has 0 aliphatic rings. The molecular formula is C14H24O. The zero-order chi connectivity index (χ0) is 11.8. The molecule has 1 N–H and O–H groups in total. The summed E-state index contributed by atoms with van der Waals surface area (Å²) in [6.07, 6.45) is 6.25. The number of rotatable bonds is 7. The summed E-state index contributed by atoms with van der Waals surface area (Å²) in [5, 5.41) is 9.71. The predicted molar refractivity (Wildman–Crippen MR) is 67.8 cm³/mol. The van der Waals surface area contributed by atoms with Gasteiger partial charge in [0.25, 0.3) is 0 Å². The zero-order valence-electron chi connectivity index (χ0n) is 10.3. The summed E-state index contributed by atoms with van der Waals surface area (Å²) in [4.78, 5) is 0. The molecule has 0 radical (unpaired) electrons. The van der Waals surface area contributed by atoms with E-state index in [0.717, 1.165) is 18.4 Å². The lowest BCUT2D eigenvalue weighted by Gasteiger charge is -2.18. The average Bonchev–Trinajstić information content (AvgIpc) is 2.16. The van der Waals surface area contributed by atoms with Crippen molar-refractivity contribution in [3.05, 3.63) is 36.5 Å². The van der Waals surface area contributed by atoms with Crippen LogP contribution in [0.5, 0.6) is 0 Å². The van der Waals surface area contributed by atoms with Crippen LogP contribution in [0.1, 0.15) is 40.0 Å². The van der Waals surface area contributed by atoms with Gasteiger partial charge < -0.3 is 5.11 Å². The summed E-state index contributed by atoms with van der Waals surface area (Å²) in [6.45, 7) is 13.9. The molecule has 2 atom stereocenters. The lowest BCUT2D eigenvalue weighted by Crippen LogP contribution is -2.14. The normalized spacial score (nSPS) is 14.1. The van der Waals surface area contributed by atoms with Crippen LogP contribution in [0, 0.1) is 5.92 Å². The molecule has 0 spiro atoms. The summed E-state index contributed by atoms with van der Waals surface area (Å²) < 4.78 is 0. The fourth-order valence-corrected chi connectivity index (χ4v) is 1.45. The van der Waals surface area contributed by atoms with Gasteiger partial charge in [0.15, 0.2) is 0 Å². The Labute approximate surface area is 94.2 Å². The average molecular weight is 208 g/mol. The Balaban J connectivity index is 3.98. The van der Waals surface area contributed by atoms with Gasteiger partial charge >= 0.3 is 0 Å². The number of aliphatic hydroxyl groups is 1. The zero-order valence-corrected chi connectivity index (χ0v) is 10.3. The molecule has 15 heavy (non-hydrogen) atoms. The molecule has 0 aromatic heterocycles. The summed E-state index contributed by atoms with van der Waals surface area (Å²) in [7, 11) is 0. The lowest BCUT2D eigenvalue weighted by atomic mass is 9.91. The van der Waals surface area contributed by atoms with Gasteiger partial charge in [-0.05, 0) is 44.6 Å². The molecule has 0 rings (SSSR count). The highest BCUT2D eigenvalue weighted by molar-refractivity contribution is 5.08. The Morgan fingerprint density at radius 1 is 1.40 bits per heavy atom. The second kappa shape index (κ2) is 7.47.